The van der Waals surface area contributed by atoms with Crippen LogP contribution < -0.4 is 5.32 Å². The molecule has 0 aromatic heterocycles. The van der Waals surface area contributed by atoms with E-state index in [-0.39, 0.29) is 6.04 Å². The Morgan fingerprint density at radius 2 is 1.85 bits per heavy atom. The quantitative estimate of drug-likeness (QED) is 0.889. The number of hydrogen-bond acceptors (Lipinski definition) is 3. The predicted octanol–water partition coefficient (Wildman–Crippen LogP) is 3.72. The molecule has 0 amide bonds. The summed E-state index contributed by atoms with van der Waals surface area (Å²) in [6, 6.07) is 4.07. The molecule has 20 heavy (non-hydrogen) atoms. The van der Waals surface area contributed by atoms with Crippen molar-refractivity contribution in [2.75, 3.05) is 18.1 Å². The summed E-state index contributed by atoms with van der Waals surface area (Å²) in [5, 5.41) is 4.54. The normalized spacial score (nSPS) is 24.6. The lowest BCUT2D eigenvalue weighted by atomic mass is 10.0. The second-order valence-electron chi connectivity index (χ2n) is 5.06. The third-order valence-electron chi connectivity index (χ3n) is 3.48. The molecule has 112 valence electrons. The lowest BCUT2D eigenvalue weighted by Gasteiger charge is -2.35. The molecule has 1 nitrogen and oxygen atoms in total. The highest BCUT2D eigenvalue weighted by molar-refractivity contribution is 8.07. The third kappa shape index (κ3) is 4.37. The first-order valence-electron chi connectivity index (χ1n) is 7.01. The zero-order valence-electron chi connectivity index (χ0n) is 11.9. The van der Waals surface area contributed by atoms with Crippen LogP contribution in [0.25, 0.3) is 0 Å². The minimum atomic E-state index is -0.492. The first-order chi connectivity index (χ1) is 9.60. The predicted molar refractivity (Wildman–Crippen MR) is 85.7 cm³/mol. The molecule has 0 radical (unpaired) electrons. The van der Waals surface area contributed by atoms with Crippen molar-refractivity contribution in [2.45, 2.75) is 36.8 Å². The summed E-state index contributed by atoms with van der Waals surface area (Å²) in [6.07, 6.45) is 0.672. The monoisotopic (exact) mass is 317 g/mol. The molecule has 3 atom stereocenters. The van der Waals surface area contributed by atoms with Crippen molar-refractivity contribution < 1.29 is 8.78 Å². The van der Waals surface area contributed by atoms with Crippen molar-refractivity contribution in [1.82, 2.24) is 5.32 Å². The Hall–Kier alpha value is -0.260. The van der Waals surface area contributed by atoms with Gasteiger partial charge in [0, 0.05) is 34.1 Å². The maximum absolute atomic E-state index is 13.3. The number of rotatable bonds is 5. The summed E-state index contributed by atoms with van der Waals surface area (Å²) >= 11 is 3.96. The number of thioether (sulfide) groups is 2. The first-order valence-corrected chi connectivity index (χ1v) is 9.11. The molecular weight excluding hydrogens is 296 g/mol. The smallest absolute Gasteiger partial charge is 0.126 e. The van der Waals surface area contributed by atoms with Gasteiger partial charge in [0.1, 0.15) is 11.6 Å². The summed E-state index contributed by atoms with van der Waals surface area (Å²) in [4.78, 5) is 0. The maximum atomic E-state index is 13.3. The third-order valence-corrected chi connectivity index (χ3v) is 6.73. The first kappa shape index (κ1) is 16.1. The van der Waals surface area contributed by atoms with Gasteiger partial charge in [0.2, 0.25) is 0 Å². The van der Waals surface area contributed by atoms with Crippen molar-refractivity contribution in [3.8, 4) is 0 Å². The van der Waals surface area contributed by atoms with Crippen molar-refractivity contribution in [2.24, 2.45) is 0 Å². The standard InChI is InChI=1S/C15H21F2NS2/c1-3-18-14(15-10(2)19-4-5-20-15)8-11-6-12(16)9-13(17)7-11/h6-7,9-10,14-15,18H,3-5,8H2,1-2H3. The summed E-state index contributed by atoms with van der Waals surface area (Å²) in [7, 11) is 0. The molecule has 1 N–H and O–H groups in total. The number of benzene rings is 1. The van der Waals surface area contributed by atoms with E-state index in [0.29, 0.717) is 16.9 Å². The summed E-state index contributed by atoms with van der Waals surface area (Å²) in [5.41, 5.74) is 0.733. The van der Waals surface area contributed by atoms with E-state index in [1.165, 1.54) is 17.9 Å². The van der Waals surface area contributed by atoms with Crippen LogP contribution in [0.4, 0.5) is 8.78 Å². The van der Waals surface area contributed by atoms with E-state index in [9.17, 15) is 8.78 Å². The lowest BCUT2D eigenvalue weighted by Crippen LogP contribution is -2.45. The van der Waals surface area contributed by atoms with Crippen LogP contribution in [0.5, 0.6) is 0 Å². The van der Waals surface area contributed by atoms with Gasteiger partial charge in [-0.3, -0.25) is 0 Å². The average Bonchev–Trinajstić information content (AvgIpc) is 2.37. The molecule has 1 aromatic carbocycles. The van der Waals surface area contributed by atoms with E-state index in [1.54, 1.807) is 0 Å². The topological polar surface area (TPSA) is 12.0 Å². The molecule has 1 aromatic rings. The Bertz CT molecular complexity index is 422. The van der Waals surface area contributed by atoms with Gasteiger partial charge >= 0.3 is 0 Å². The number of nitrogens with one attached hydrogen (secondary N) is 1. The highest BCUT2D eigenvalue weighted by Crippen LogP contribution is 2.34. The Morgan fingerprint density at radius 3 is 2.45 bits per heavy atom. The Morgan fingerprint density at radius 1 is 1.20 bits per heavy atom. The molecule has 0 spiro atoms. The summed E-state index contributed by atoms with van der Waals surface area (Å²) in [5.74, 6) is 1.36. The highest BCUT2D eigenvalue weighted by Gasteiger charge is 2.30. The van der Waals surface area contributed by atoms with Crippen LogP contribution in [-0.4, -0.2) is 34.6 Å². The van der Waals surface area contributed by atoms with E-state index in [0.717, 1.165) is 23.9 Å². The molecule has 1 aliphatic heterocycles. The molecule has 0 bridgehead atoms. The summed E-state index contributed by atoms with van der Waals surface area (Å²) < 4.78 is 26.6. The van der Waals surface area contributed by atoms with Crippen LogP contribution in [0.15, 0.2) is 18.2 Å². The molecule has 1 heterocycles. The van der Waals surface area contributed by atoms with E-state index < -0.39 is 11.6 Å². The molecule has 1 fully saturated rings. The zero-order chi connectivity index (χ0) is 14.5. The molecule has 1 aliphatic rings. The minimum Gasteiger partial charge on any atom is -0.313 e. The van der Waals surface area contributed by atoms with E-state index in [1.807, 2.05) is 23.5 Å². The fraction of sp³-hybridized carbons (Fsp3) is 0.600. The van der Waals surface area contributed by atoms with Crippen LogP contribution >= 0.6 is 23.5 Å². The zero-order valence-corrected chi connectivity index (χ0v) is 13.5. The molecule has 0 aliphatic carbocycles. The Balaban J connectivity index is 2.11. The highest BCUT2D eigenvalue weighted by atomic mass is 32.2. The van der Waals surface area contributed by atoms with Crippen molar-refractivity contribution in [3.63, 3.8) is 0 Å². The van der Waals surface area contributed by atoms with Crippen LogP contribution in [0.3, 0.4) is 0 Å². The van der Waals surface area contributed by atoms with E-state index in [2.05, 4.69) is 19.2 Å². The molecule has 5 heteroatoms. The van der Waals surface area contributed by atoms with Crippen LogP contribution in [-0.2, 0) is 6.42 Å². The van der Waals surface area contributed by atoms with Gasteiger partial charge in [-0.2, -0.15) is 23.5 Å². The van der Waals surface area contributed by atoms with Gasteiger partial charge in [0.25, 0.3) is 0 Å². The molecular formula is C15H21F2NS2. The van der Waals surface area contributed by atoms with Crippen molar-refractivity contribution in [1.29, 1.82) is 0 Å². The van der Waals surface area contributed by atoms with Gasteiger partial charge in [0.05, 0.1) is 0 Å². The molecule has 2 rings (SSSR count). The van der Waals surface area contributed by atoms with Gasteiger partial charge in [-0.15, -0.1) is 0 Å². The van der Waals surface area contributed by atoms with Crippen molar-refractivity contribution in [3.05, 3.63) is 35.4 Å². The number of halogens is 2. The van der Waals surface area contributed by atoms with Crippen LogP contribution in [0.1, 0.15) is 19.4 Å². The second kappa shape index (κ2) is 7.66. The van der Waals surface area contributed by atoms with E-state index in [4.69, 9.17) is 0 Å². The minimum absolute atomic E-state index is 0.258. The average molecular weight is 317 g/mol. The molecule has 1 saturated heterocycles. The Kier molecular flexibility index (Phi) is 6.18. The number of likely N-dealkylation sites (N-methyl/N-ethyl adjacent to an activating group) is 1. The van der Waals surface area contributed by atoms with Crippen LogP contribution in [0, 0.1) is 11.6 Å². The molecule has 0 saturated carbocycles. The van der Waals surface area contributed by atoms with Gasteiger partial charge in [-0.25, -0.2) is 8.78 Å². The summed E-state index contributed by atoms with van der Waals surface area (Å²) in [6.45, 7) is 5.19. The fourth-order valence-electron chi connectivity index (χ4n) is 2.64. The van der Waals surface area contributed by atoms with Gasteiger partial charge < -0.3 is 5.32 Å². The number of hydrogen-bond donors (Lipinski definition) is 1. The van der Waals surface area contributed by atoms with Gasteiger partial charge in [-0.05, 0) is 30.7 Å². The second-order valence-corrected chi connectivity index (χ2v) is 7.83. The van der Waals surface area contributed by atoms with Crippen molar-refractivity contribution >= 4 is 23.5 Å². The Labute approximate surface area is 128 Å². The largest absolute Gasteiger partial charge is 0.313 e. The maximum Gasteiger partial charge on any atom is 0.126 e. The van der Waals surface area contributed by atoms with Gasteiger partial charge in [0.15, 0.2) is 0 Å². The fourth-order valence-corrected chi connectivity index (χ4v) is 5.60. The van der Waals surface area contributed by atoms with E-state index >= 15 is 0 Å². The van der Waals surface area contributed by atoms with Gasteiger partial charge in [-0.1, -0.05) is 13.8 Å². The lowest BCUT2D eigenvalue weighted by molar-refractivity contribution is 0.497. The van der Waals surface area contributed by atoms with Crippen LogP contribution in [0.2, 0.25) is 0 Å². The molecule has 3 unspecified atom stereocenters. The SMILES string of the molecule is CCNC(Cc1cc(F)cc(F)c1)C1SCCSC1C.